The summed E-state index contributed by atoms with van der Waals surface area (Å²) in [5.74, 6) is 0. The SMILES string of the molecule is CC(C)=C(OS(=O)(=O)C(F)(F)F)[Si](C)(C)C. The Bertz CT molecular complexity index is 386. The van der Waals surface area contributed by atoms with Gasteiger partial charge in [0.15, 0.2) is 0 Å². The summed E-state index contributed by atoms with van der Waals surface area (Å²) in [5, 5.41) is -0.0511. The molecule has 0 aliphatic rings. The smallest absolute Gasteiger partial charge is 0.386 e. The molecule has 0 aromatic rings. The van der Waals surface area contributed by atoms with E-state index in [0.29, 0.717) is 5.57 Å². The molecule has 0 unspecified atom stereocenters. The number of hydrogen-bond donors (Lipinski definition) is 0. The first-order valence-corrected chi connectivity index (χ1v) is 9.38. The van der Waals surface area contributed by atoms with Crippen LogP contribution in [0.5, 0.6) is 0 Å². The van der Waals surface area contributed by atoms with Gasteiger partial charge in [0.25, 0.3) is 0 Å². The summed E-state index contributed by atoms with van der Waals surface area (Å²) in [6.45, 7) is 8.18. The average molecular weight is 276 g/mol. The molecule has 0 saturated carbocycles. The van der Waals surface area contributed by atoms with Crippen molar-refractivity contribution in [3.8, 4) is 0 Å². The van der Waals surface area contributed by atoms with E-state index in [1.807, 2.05) is 0 Å². The molecule has 0 bridgehead atoms. The van der Waals surface area contributed by atoms with Crippen LogP contribution in [0.3, 0.4) is 0 Å². The lowest BCUT2D eigenvalue weighted by Gasteiger charge is -2.23. The van der Waals surface area contributed by atoms with Crippen LogP contribution < -0.4 is 0 Å². The van der Waals surface area contributed by atoms with Crippen molar-refractivity contribution in [2.24, 2.45) is 0 Å². The standard InChI is InChI=1S/C8H15F3O3SSi/c1-6(2)7(16(3,4)5)14-15(12,13)8(9,10)11/h1-5H3. The minimum Gasteiger partial charge on any atom is -0.386 e. The van der Waals surface area contributed by atoms with Crippen LogP contribution in [0.25, 0.3) is 0 Å². The molecule has 0 atom stereocenters. The molecular weight excluding hydrogens is 261 g/mol. The summed E-state index contributed by atoms with van der Waals surface area (Å²) in [4.78, 5) is 0. The van der Waals surface area contributed by atoms with Crippen LogP contribution in [-0.4, -0.2) is 22.0 Å². The Morgan fingerprint density at radius 3 is 1.69 bits per heavy atom. The predicted molar refractivity (Wildman–Crippen MR) is 57.8 cm³/mol. The minimum atomic E-state index is -5.55. The van der Waals surface area contributed by atoms with Crippen molar-refractivity contribution in [3.05, 3.63) is 11.0 Å². The molecule has 0 aromatic carbocycles. The lowest BCUT2D eigenvalue weighted by Crippen LogP contribution is -2.33. The zero-order chi connectivity index (χ0) is 13.4. The van der Waals surface area contributed by atoms with Gasteiger partial charge in [0.05, 0.1) is 5.38 Å². The van der Waals surface area contributed by atoms with Crippen molar-refractivity contribution in [1.29, 1.82) is 0 Å². The Labute approximate surface area is 94.4 Å². The molecule has 0 fully saturated rings. The Hall–Kier alpha value is -0.503. The van der Waals surface area contributed by atoms with E-state index >= 15 is 0 Å². The summed E-state index contributed by atoms with van der Waals surface area (Å²) in [7, 11) is -7.81. The van der Waals surface area contributed by atoms with Gasteiger partial charge in [0.2, 0.25) is 0 Å². The maximum Gasteiger partial charge on any atom is 0.534 e. The van der Waals surface area contributed by atoms with Crippen molar-refractivity contribution in [2.75, 3.05) is 0 Å². The van der Waals surface area contributed by atoms with E-state index in [9.17, 15) is 21.6 Å². The van der Waals surface area contributed by atoms with Gasteiger partial charge < -0.3 is 4.18 Å². The van der Waals surface area contributed by atoms with Crippen LogP contribution >= 0.6 is 0 Å². The van der Waals surface area contributed by atoms with Gasteiger partial charge >= 0.3 is 15.6 Å². The number of halogens is 3. The zero-order valence-corrected chi connectivity index (χ0v) is 11.6. The van der Waals surface area contributed by atoms with Gasteiger partial charge in [-0.15, -0.1) is 0 Å². The molecule has 0 aromatic heterocycles. The summed E-state index contributed by atoms with van der Waals surface area (Å²) in [5.41, 5.74) is -4.93. The summed E-state index contributed by atoms with van der Waals surface area (Å²) < 4.78 is 62.3. The second-order valence-electron chi connectivity index (χ2n) is 4.56. The molecule has 0 aliphatic carbocycles. The summed E-state index contributed by atoms with van der Waals surface area (Å²) in [6, 6.07) is 0. The third kappa shape index (κ3) is 3.82. The first-order valence-electron chi connectivity index (χ1n) is 4.48. The molecule has 0 aliphatic heterocycles. The largest absolute Gasteiger partial charge is 0.534 e. The van der Waals surface area contributed by atoms with Crippen molar-refractivity contribution >= 4 is 18.2 Å². The Morgan fingerprint density at radius 1 is 1.12 bits per heavy atom. The molecule has 3 nitrogen and oxygen atoms in total. The first-order chi connectivity index (χ1) is 6.79. The van der Waals surface area contributed by atoms with Crippen LogP contribution in [0.2, 0.25) is 19.6 Å². The molecule has 96 valence electrons. The molecule has 0 saturated heterocycles. The van der Waals surface area contributed by atoms with Crippen molar-refractivity contribution in [1.82, 2.24) is 0 Å². The highest BCUT2D eigenvalue weighted by Gasteiger charge is 2.49. The second-order valence-corrected chi connectivity index (χ2v) is 11.1. The molecule has 0 radical (unpaired) electrons. The molecule has 0 heterocycles. The molecule has 16 heavy (non-hydrogen) atoms. The van der Waals surface area contributed by atoms with Gasteiger partial charge in [-0.25, -0.2) is 0 Å². The predicted octanol–water partition coefficient (Wildman–Crippen LogP) is 3.02. The maximum absolute atomic E-state index is 12.1. The van der Waals surface area contributed by atoms with Gasteiger partial charge in [0.1, 0.15) is 8.07 Å². The van der Waals surface area contributed by atoms with Crippen LogP contribution in [0.15, 0.2) is 11.0 Å². The summed E-state index contributed by atoms with van der Waals surface area (Å²) >= 11 is 0. The van der Waals surface area contributed by atoms with Crippen molar-refractivity contribution in [2.45, 2.75) is 39.0 Å². The average Bonchev–Trinajstić information content (AvgIpc) is 1.95. The van der Waals surface area contributed by atoms with Crippen LogP contribution in [-0.2, 0) is 14.3 Å². The fourth-order valence-corrected chi connectivity index (χ4v) is 4.42. The van der Waals surface area contributed by atoms with Crippen molar-refractivity contribution in [3.63, 3.8) is 0 Å². The van der Waals surface area contributed by atoms with E-state index in [4.69, 9.17) is 0 Å². The Kier molecular flexibility index (Phi) is 4.26. The first kappa shape index (κ1) is 15.5. The van der Waals surface area contributed by atoms with Gasteiger partial charge in [-0.1, -0.05) is 19.6 Å². The van der Waals surface area contributed by atoms with Crippen LogP contribution in [0, 0.1) is 0 Å². The molecule has 0 spiro atoms. The van der Waals surface area contributed by atoms with Gasteiger partial charge in [-0.05, 0) is 19.4 Å². The van der Waals surface area contributed by atoms with E-state index in [1.165, 1.54) is 13.8 Å². The summed E-state index contributed by atoms with van der Waals surface area (Å²) in [6.07, 6.45) is 0. The number of alkyl halides is 3. The minimum absolute atomic E-state index is 0.0511. The molecule has 0 amide bonds. The lowest BCUT2D eigenvalue weighted by atomic mass is 10.4. The van der Waals surface area contributed by atoms with Crippen LogP contribution in [0.1, 0.15) is 13.8 Å². The third-order valence-electron chi connectivity index (χ3n) is 1.61. The normalized spacial score (nSPS) is 13.5. The van der Waals surface area contributed by atoms with Gasteiger partial charge in [0, 0.05) is 0 Å². The van der Waals surface area contributed by atoms with E-state index in [0.717, 1.165) is 0 Å². The topological polar surface area (TPSA) is 43.4 Å². The highest BCUT2D eigenvalue weighted by atomic mass is 32.2. The quantitative estimate of drug-likeness (QED) is 0.344. The fourth-order valence-electron chi connectivity index (χ4n) is 1.12. The highest BCUT2D eigenvalue weighted by molar-refractivity contribution is 7.87. The number of hydrogen-bond acceptors (Lipinski definition) is 3. The highest BCUT2D eigenvalue weighted by Crippen LogP contribution is 2.30. The fraction of sp³-hybridized carbons (Fsp3) is 0.750. The van der Waals surface area contributed by atoms with E-state index in [1.54, 1.807) is 19.6 Å². The zero-order valence-electron chi connectivity index (χ0n) is 9.77. The molecule has 0 N–H and O–H groups in total. The molecular formula is C8H15F3O3SSi. The van der Waals surface area contributed by atoms with Crippen LogP contribution in [0.4, 0.5) is 13.2 Å². The Balaban J connectivity index is 5.36. The van der Waals surface area contributed by atoms with Gasteiger partial charge in [-0.2, -0.15) is 21.6 Å². The third-order valence-corrected chi connectivity index (χ3v) is 4.68. The number of rotatable bonds is 3. The van der Waals surface area contributed by atoms with E-state index in [2.05, 4.69) is 4.18 Å². The molecule has 0 rings (SSSR count). The second kappa shape index (κ2) is 4.40. The Morgan fingerprint density at radius 2 is 1.50 bits per heavy atom. The lowest BCUT2D eigenvalue weighted by molar-refractivity contribution is -0.0518. The maximum atomic E-state index is 12.1. The van der Waals surface area contributed by atoms with Crippen molar-refractivity contribution < 1.29 is 25.8 Å². The number of allylic oxidation sites excluding steroid dienone is 1. The molecule has 8 heteroatoms. The monoisotopic (exact) mass is 276 g/mol. The van der Waals surface area contributed by atoms with Gasteiger partial charge in [-0.3, -0.25) is 0 Å². The van der Waals surface area contributed by atoms with E-state index in [-0.39, 0.29) is 5.38 Å². The van der Waals surface area contributed by atoms with E-state index < -0.39 is 23.7 Å².